The molecule has 2 aliphatic rings. The van der Waals surface area contributed by atoms with E-state index in [1.165, 1.54) is 17.3 Å². The molecule has 1 aromatic carbocycles. The van der Waals surface area contributed by atoms with Crippen LogP contribution in [0.2, 0.25) is 0 Å². The Morgan fingerprint density at radius 1 is 1.15 bits per heavy atom. The van der Waals surface area contributed by atoms with E-state index >= 15 is 0 Å². The summed E-state index contributed by atoms with van der Waals surface area (Å²) in [5.74, 6) is -0.644. The summed E-state index contributed by atoms with van der Waals surface area (Å²) in [6.07, 6.45) is 1.16. The molecule has 1 saturated carbocycles. The number of alkyl halides is 2. The number of benzene rings is 1. The maximum absolute atomic E-state index is 13.9. The van der Waals surface area contributed by atoms with Crippen LogP contribution in [0.5, 0.6) is 0 Å². The maximum Gasteiger partial charge on any atom is 0.262 e. The fraction of sp³-hybridized carbons (Fsp3) is 0.379. The minimum atomic E-state index is -2.55. The van der Waals surface area contributed by atoms with E-state index in [2.05, 4.69) is 64.5 Å². The second-order valence-corrected chi connectivity index (χ2v) is 11.6. The lowest BCUT2D eigenvalue weighted by Gasteiger charge is -2.25. The number of nitrogens with one attached hydrogen (secondary N) is 4. The number of rotatable bonds is 8. The predicted molar refractivity (Wildman–Crippen MR) is 149 cm³/mol. The first-order valence-electron chi connectivity index (χ1n) is 13.2. The lowest BCUT2D eigenvalue weighted by Crippen LogP contribution is -2.48. The molecule has 9 nitrogen and oxygen atoms in total. The van der Waals surface area contributed by atoms with E-state index < -0.39 is 24.0 Å². The standard InChI is InChI=1S/C29H30F3N9/c1-16-20(5-6-23(30)37-16)26(22-14-41(40-39-22)29(7-8-29)27(31)32)38-19-9-17(11-33)24-21(10-19)25(18(12-34)13-35-24)36-15-28(2,3)4/h5-6,9-10,13-14,26-27,38-40H,7-8,15H2,1-4H3,(H,35,36)/t26-/m0/s1. The Kier molecular flexibility index (Phi) is 7.14. The summed E-state index contributed by atoms with van der Waals surface area (Å²) in [6.45, 7) is 8.41. The van der Waals surface area contributed by atoms with Crippen molar-refractivity contribution in [3.05, 3.63) is 70.7 Å². The first kappa shape index (κ1) is 28.0. The van der Waals surface area contributed by atoms with Crippen LogP contribution >= 0.6 is 0 Å². The molecule has 1 fully saturated rings. The molecule has 0 bridgehead atoms. The predicted octanol–water partition coefficient (Wildman–Crippen LogP) is 5.40. The van der Waals surface area contributed by atoms with Gasteiger partial charge in [-0.25, -0.2) is 13.8 Å². The molecule has 0 unspecified atom stereocenters. The van der Waals surface area contributed by atoms with Crippen molar-refractivity contribution in [2.24, 2.45) is 5.41 Å². The fourth-order valence-electron chi connectivity index (χ4n) is 4.84. The van der Waals surface area contributed by atoms with Crippen LogP contribution in [0.1, 0.15) is 62.0 Å². The quantitative estimate of drug-likeness (QED) is 0.268. The highest BCUT2D eigenvalue weighted by Crippen LogP contribution is 2.47. The summed E-state index contributed by atoms with van der Waals surface area (Å²) in [6, 6.07) is 9.92. The van der Waals surface area contributed by atoms with E-state index in [9.17, 15) is 23.7 Å². The van der Waals surface area contributed by atoms with Gasteiger partial charge in [0.15, 0.2) is 0 Å². The van der Waals surface area contributed by atoms with E-state index in [-0.39, 0.29) is 11.0 Å². The van der Waals surface area contributed by atoms with Crippen LogP contribution in [-0.4, -0.2) is 33.5 Å². The van der Waals surface area contributed by atoms with Gasteiger partial charge in [-0.1, -0.05) is 26.8 Å². The summed E-state index contributed by atoms with van der Waals surface area (Å²) < 4.78 is 41.6. The Morgan fingerprint density at radius 3 is 2.49 bits per heavy atom. The molecular formula is C29H30F3N9. The molecule has 0 saturated heterocycles. The summed E-state index contributed by atoms with van der Waals surface area (Å²) in [5, 5.41) is 28.5. The van der Waals surface area contributed by atoms with E-state index in [1.54, 1.807) is 31.3 Å². The fourth-order valence-corrected chi connectivity index (χ4v) is 4.84. The molecule has 1 aliphatic carbocycles. The molecule has 41 heavy (non-hydrogen) atoms. The molecular weight excluding hydrogens is 531 g/mol. The van der Waals surface area contributed by atoms with Crippen LogP contribution in [0.4, 0.5) is 24.5 Å². The second-order valence-electron chi connectivity index (χ2n) is 11.6. The molecule has 0 spiro atoms. The topological polar surface area (TPSA) is 125 Å². The minimum absolute atomic E-state index is 0.0922. The molecule has 1 atom stereocenters. The number of anilines is 2. The van der Waals surface area contributed by atoms with Gasteiger partial charge < -0.3 is 16.1 Å². The number of halogens is 3. The molecule has 0 radical (unpaired) electrons. The van der Waals surface area contributed by atoms with Crippen LogP contribution in [0.15, 0.2) is 42.4 Å². The highest BCUT2D eigenvalue weighted by Gasteiger charge is 2.56. The average Bonchev–Trinajstić information content (AvgIpc) is 3.60. The third-order valence-electron chi connectivity index (χ3n) is 7.27. The Labute approximate surface area is 236 Å². The van der Waals surface area contributed by atoms with Gasteiger partial charge in [0.05, 0.1) is 34.1 Å². The third kappa shape index (κ3) is 5.43. The largest absolute Gasteiger partial charge is 0.383 e. The highest BCUT2D eigenvalue weighted by atomic mass is 19.3. The Balaban J connectivity index is 1.61. The SMILES string of the molecule is Cc1nc(F)ccc1[C@H](Nc1cc(C#N)c2ncc(C#N)c(NCC(C)(C)C)c2c1)C1=CN(C2(C(F)F)CC2)NN1. The van der Waals surface area contributed by atoms with Gasteiger partial charge in [-0.05, 0) is 43.4 Å². The second kappa shape index (κ2) is 10.5. The first-order valence-corrected chi connectivity index (χ1v) is 13.2. The van der Waals surface area contributed by atoms with Crippen molar-refractivity contribution in [2.45, 2.75) is 58.5 Å². The van der Waals surface area contributed by atoms with Gasteiger partial charge in [0.25, 0.3) is 6.43 Å². The minimum Gasteiger partial charge on any atom is -0.383 e. The zero-order chi connectivity index (χ0) is 29.5. The van der Waals surface area contributed by atoms with Crippen LogP contribution in [0, 0.1) is 40.9 Å². The van der Waals surface area contributed by atoms with Gasteiger partial charge >= 0.3 is 0 Å². The van der Waals surface area contributed by atoms with Gasteiger partial charge in [0, 0.05) is 41.3 Å². The number of nitrogens with zero attached hydrogens (tertiary/aromatic N) is 5. The van der Waals surface area contributed by atoms with Gasteiger partial charge in [0.1, 0.15) is 17.7 Å². The maximum atomic E-state index is 13.9. The Hall–Kier alpha value is -4.55. The number of fused-ring (bicyclic) bond motifs is 1. The summed E-state index contributed by atoms with van der Waals surface area (Å²) in [4.78, 5) is 8.35. The van der Waals surface area contributed by atoms with E-state index in [1.807, 2.05) is 0 Å². The van der Waals surface area contributed by atoms with E-state index in [0.717, 1.165) is 0 Å². The molecule has 12 heteroatoms. The lowest BCUT2D eigenvalue weighted by molar-refractivity contribution is 0.00911. The number of pyridine rings is 2. The molecule has 5 rings (SSSR count). The number of hydrogen-bond acceptors (Lipinski definition) is 9. The average molecular weight is 562 g/mol. The molecule has 3 heterocycles. The van der Waals surface area contributed by atoms with Crippen LogP contribution in [0.3, 0.4) is 0 Å². The van der Waals surface area contributed by atoms with Crippen molar-refractivity contribution >= 4 is 22.3 Å². The molecule has 0 amide bonds. The van der Waals surface area contributed by atoms with Gasteiger partial charge in [-0.2, -0.15) is 14.9 Å². The summed E-state index contributed by atoms with van der Waals surface area (Å²) >= 11 is 0. The van der Waals surface area contributed by atoms with Crippen molar-refractivity contribution in [3.63, 3.8) is 0 Å². The number of hydrazine groups is 2. The van der Waals surface area contributed by atoms with Crippen LogP contribution in [-0.2, 0) is 0 Å². The van der Waals surface area contributed by atoms with Crippen molar-refractivity contribution in [1.29, 1.82) is 10.5 Å². The van der Waals surface area contributed by atoms with Gasteiger partial charge in [-0.3, -0.25) is 9.99 Å². The first-order chi connectivity index (χ1) is 19.5. The number of aromatic nitrogens is 2. The van der Waals surface area contributed by atoms with E-state index in [4.69, 9.17) is 0 Å². The van der Waals surface area contributed by atoms with Crippen molar-refractivity contribution in [1.82, 2.24) is 25.9 Å². The third-order valence-corrected chi connectivity index (χ3v) is 7.27. The smallest absolute Gasteiger partial charge is 0.262 e. The number of hydrogen-bond donors (Lipinski definition) is 4. The zero-order valence-electron chi connectivity index (χ0n) is 23.1. The zero-order valence-corrected chi connectivity index (χ0v) is 23.1. The summed E-state index contributed by atoms with van der Waals surface area (Å²) in [7, 11) is 0. The molecule has 2 aromatic heterocycles. The summed E-state index contributed by atoms with van der Waals surface area (Å²) in [5.41, 5.74) is 8.06. The highest BCUT2D eigenvalue weighted by molar-refractivity contribution is 5.99. The van der Waals surface area contributed by atoms with Gasteiger partial charge in [-0.15, -0.1) is 5.53 Å². The van der Waals surface area contributed by atoms with E-state index in [0.29, 0.717) is 64.2 Å². The molecule has 3 aromatic rings. The van der Waals surface area contributed by atoms with Gasteiger partial charge in [0.2, 0.25) is 5.95 Å². The normalized spacial score (nSPS) is 16.5. The Morgan fingerprint density at radius 2 is 1.88 bits per heavy atom. The van der Waals surface area contributed by atoms with Crippen LogP contribution < -0.4 is 21.6 Å². The monoisotopic (exact) mass is 561 g/mol. The molecule has 4 N–H and O–H groups in total. The van der Waals surface area contributed by atoms with Crippen molar-refractivity contribution in [3.8, 4) is 12.1 Å². The lowest BCUT2D eigenvalue weighted by atomic mass is 9.96. The Bertz CT molecular complexity index is 1610. The number of nitriles is 2. The molecule has 1 aliphatic heterocycles. The van der Waals surface area contributed by atoms with Crippen LogP contribution in [0.25, 0.3) is 10.9 Å². The number of aryl methyl sites for hydroxylation is 1. The van der Waals surface area contributed by atoms with Crippen molar-refractivity contribution in [2.75, 3.05) is 17.2 Å². The molecule has 212 valence electrons. The van der Waals surface area contributed by atoms with Crippen molar-refractivity contribution < 1.29 is 13.2 Å².